The Balaban J connectivity index is 1.88. The van der Waals surface area contributed by atoms with E-state index in [1.807, 2.05) is 11.0 Å². The first-order chi connectivity index (χ1) is 9.20. The fourth-order valence-corrected chi connectivity index (χ4v) is 2.78. The van der Waals surface area contributed by atoms with E-state index < -0.39 is 0 Å². The van der Waals surface area contributed by atoms with Crippen LogP contribution in [0.25, 0.3) is 0 Å². The van der Waals surface area contributed by atoms with Gasteiger partial charge >= 0.3 is 0 Å². The van der Waals surface area contributed by atoms with Crippen molar-refractivity contribution in [1.82, 2.24) is 15.1 Å². The number of aromatic nitrogens is 2. The molecular formula is C14H24N4O. The third-order valence-electron chi connectivity index (χ3n) is 3.83. The van der Waals surface area contributed by atoms with Crippen molar-refractivity contribution in [2.45, 2.75) is 51.0 Å². The summed E-state index contributed by atoms with van der Waals surface area (Å²) in [6, 6.07) is 2.01. The molecule has 5 heteroatoms. The lowest BCUT2D eigenvalue weighted by molar-refractivity contribution is -0.132. The fourth-order valence-electron chi connectivity index (χ4n) is 2.78. The minimum absolute atomic E-state index is 0.00466. The Labute approximate surface area is 114 Å². The van der Waals surface area contributed by atoms with E-state index >= 15 is 0 Å². The van der Waals surface area contributed by atoms with E-state index in [4.69, 9.17) is 5.73 Å². The molecule has 2 atom stereocenters. The van der Waals surface area contributed by atoms with Crippen LogP contribution >= 0.6 is 0 Å². The average Bonchev–Trinajstić information content (AvgIpc) is 2.93. The zero-order valence-corrected chi connectivity index (χ0v) is 11.6. The topological polar surface area (TPSA) is 75.0 Å². The Bertz CT molecular complexity index is 390. The number of nitrogens with zero attached hydrogens (tertiary/aromatic N) is 2. The van der Waals surface area contributed by atoms with Gasteiger partial charge in [0.1, 0.15) is 0 Å². The molecule has 0 aliphatic carbocycles. The molecule has 1 aromatic heterocycles. The molecule has 1 aliphatic rings. The van der Waals surface area contributed by atoms with E-state index in [2.05, 4.69) is 17.1 Å². The second-order valence-corrected chi connectivity index (χ2v) is 5.44. The van der Waals surface area contributed by atoms with Crippen LogP contribution in [0.3, 0.4) is 0 Å². The second-order valence-electron chi connectivity index (χ2n) is 5.44. The molecule has 5 nitrogen and oxygen atoms in total. The van der Waals surface area contributed by atoms with Crippen molar-refractivity contribution >= 4 is 5.91 Å². The van der Waals surface area contributed by atoms with E-state index in [-0.39, 0.29) is 11.9 Å². The van der Waals surface area contributed by atoms with Gasteiger partial charge < -0.3 is 10.6 Å². The van der Waals surface area contributed by atoms with Crippen LogP contribution in [-0.4, -0.2) is 40.1 Å². The number of carbonyl (C=O) groups excluding carboxylic acids is 1. The first kappa shape index (κ1) is 14.1. The molecule has 2 heterocycles. The van der Waals surface area contributed by atoms with Gasteiger partial charge in [-0.05, 0) is 25.3 Å². The largest absolute Gasteiger partial charge is 0.342 e. The van der Waals surface area contributed by atoms with Gasteiger partial charge in [-0.15, -0.1) is 0 Å². The number of amides is 1. The summed E-state index contributed by atoms with van der Waals surface area (Å²) in [5, 5.41) is 7.01. The highest BCUT2D eigenvalue weighted by molar-refractivity contribution is 5.77. The molecule has 3 N–H and O–H groups in total. The van der Waals surface area contributed by atoms with E-state index in [1.165, 1.54) is 0 Å². The van der Waals surface area contributed by atoms with Crippen molar-refractivity contribution in [3.8, 4) is 0 Å². The molecule has 1 aliphatic heterocycles. The predicted octanol–water partition coefficient (Wildman–Crippen LogP) is 1.63. The van der Waals surface area contributed by atoms with E-state index in [1.54, 1.807) is 6.20 Å². The van der Waals surface area contributed by atoms with Gasteiger partial charge in [-0.3, -0.25) is 9.89 Å². The molecule has 19 heavy (non-hydrogen) atoms. The second kappa shape index (κ2) is 6.70. The SMILES string of the molecule is CCCC(N)CC(=O)N1CCCC(c2ccn[nH]2)C1. The highest BCUT2D eigenvalue weighted by Crippen LogP contribution is 2.25. The normalized spacial score (nSPS) is 21.4. The smallest absolute Gasteiger partial charge is 0.224 e. The maximum absolute atomic E-state index is 12.2. The van der Waals surface area contributed by atoms with Gasteiger partial charge in [-0.25, -0.2) is 0 Å². The number of H-pyrrole nitrogens is 1. The van der Waals surface area contributed by atoms with Crippen molar-refractivity contribution in [3.63, 3.8) is 0 Å². The molecule has 1 fully saturated rings. The Hall–Kier alpha value is -1.36. The molecule has 2 unspecified atom stereocenters. The number of piperidine rings is 1. The number of hydrogen-bond acceptors (Lipinski definition) is 3. The monoisotopic (exact) mass is 264 g/mol. The van der Waals surface area contributed by atoms with Crippen LogP contribution in [0.5, 0.6) is 0 Å². The number of likely N-dealkylation sites (tertiary alicyclic amines) is 1. The van der Waals surface area contributed by atoms with Gasteiger partial charge in [0.2, 0.25) is 5.91 Å². The quantitative estimate of drug-likeness (QED) is 0.849. The zero-order chi connectivity index (χ0) is 13.7. The lowest BCUT2D eigenvalue weighted by atomic mass is 9.94. The van der Waals surface area contributed by atoms with E-state index in [0.29, 0.717) is 12.3 Å². The molecule has 0 radical (unpaired) electrons. The van der Waals surface area contributed by atoms with Crippen LogP contribution in [0.15, 0.2) is 12.3 Å². The molecule has 0 aromatic carbocycles. The Morgan fingerprint density at radius 2 is 2.53 bits per heavy atom. The number of nitrogens with one attached hydrogen (secondary N) is 1. The van der Waals surface area contributed by atoms with Crippen LogP contribution in [0.1, 0.15) is 50.6 Å². The minimum atomic E-state index is 0.00466. The van der Waals surface area contributed by atoms with Crippen molar-refractivity contribution in [1.29, 1.82) is 0 Å². The Kier molecular flexibility index (Phi) is 4.96. The summed E-state index contributed by atoms with van der Waals surface area (Å²) in [6.07, 6.45) is 6.37. The molecule has 0 saturated carbocycles. The number of aromatic amines is 1. The van der Waals surface area contributed by atoms with Gasteiger partial charge in [0, 0.05) is 43.4 Å². The number of rotatable bonds is 5. The van der Waals surface area contributed by atoms with E-state index in [9.17, 15) is 4.79 Å². The molecular weight excluding hydrogens is 240 g/mol. The predicted molar refractivity (Wildman–Crippen MR) is 74.6 cm³/mol. The fraction of sp³-hybridized carbons (Fsp3) is 0.714. The third-order valence-corrected chi connectivity index (χ3v) is 3.83. The summed E-state index contributed by atoms with van der Waals surface area (Å²) >= 11 is 0. The highest BCUT2D eigenvalue weighted by Gasteiger charge is 2.26. The van der Waals surface area contributed by atoms with Gasteiger partial charge in [0.25, 0.3) is 0 Å². The molecule has 1 amide bonds. The number of hydrogen-bond donors (Lipinski definition) is 2. The summed E-state index contributed by atoms with van der Waals surface area (Å²) in [7, 11) is 0. The molecule has 2 rings (SSSR count). The maximum Gasteiger partial charge on any atom is 0.224 e. The van der Waals surface area contributed by atoms with Crippen molar-refractivity contribution in [2.75, 3.05) is 13.1 Å². The van der Waals surface area contributed by atoms with Crippen LogP contribution in [-0.2, 0) is 4.79 Å². The van der Waals surface area contributed by atoms with E-state index in [0.717, 1.165) is 44.5 Å². The summed E-state index contributed by atoms with van der Waals surface area (Å²) in [5.41, 5.74) is 7.09. The summed E-state index contributed by atoms with van der Waals surface area (Å²) < 4.78 is 0. The first-order valence-corrected chi connectivity index (χ1v) is 7.23. The standard InChI is InChI=1S/C14H24N4O/c1-2-4-12(15)9-14(19)18-8-3-5-11(10-18)13-6-7-16-17-13/h6-7,11-12H,2-5,8-10,15H2,1H3,(H,16,17). The third kappa shape index (κ3) is 3.80. The average molecular weight is 264 g/mol. The molecule has 1 aromatic rings. The summed E-state index contributed by atoms with van der Waals surface area (Å²) in [6.45, 7) is 3.75. The van der Waals surface area contributed by atoms with Crippen LogP contribution < -0.4 is 5.73 Å². The minimum Gasteiger partial charge on any atom is -0.342 e. The molecule has 0 spiro atoms. The summed E-state index contributed by atoms with van der Waals surface area (Å²) in [4.78, 5) is 14.2. The van der Waals surface area contributed by atoms with Crippen molar-refractivity contribution in [2.24, 2.45) is 5.73 Å². The highest BCUT2D eigenvalue weighted by atomic mass is 16.2. The van der Waals surface area contributed by atoms with Gasteiger partial charge in [-0.1, -0.05) is 13.3 Å². The Morgan fingerprint density at radius 1 is 1.68 bits per heavy atom. The molecule has 106 valence electrons. The molecule has 0 bridgehead atoms. The van der Waals surface area contributed by atoms with Crippen molar-refractivity contribution in [3.05, 3.63) is 18.0 Å². The van der Waals surface area contributed by atoms with Crippen LogP contribution in [0.2, 0.25) is 0 Å². The van der Waals surface area contributed by atoms with Crippen LogP contribution in [0, 0.1) is 0 Å². The van der Waals surface area contributed by atoms with Crippen LogP contribution in [0.4, 0.5) is 0 Å². The lowest BCUT2D eigenvalue weighted by Gasteiger charge is -2.33. The number of nitrogens with two attached hydrogens (primary N) is 1. The summed E-state index contributed by atoms with van der Waals surface area (Å²) in [5.74, 6) is 0.591. The zero-order valence-electron chi connectivity index (χ0n) is 11.6. The number of carbonyl (C=O) groups is 1. The van der Waals surface area contributed by atoms with Gasteiger partial charge in [-0.2, -0.15) is 5.10 Å². The maximum atomic E-state index is 12.2. The van der Waals surface area contributed by atoms with Crippen molar-refractivity contribution < 1.29 is 4.79 Å². The Morgan fingerprint density at radius 3 is 3.21 bits per heavy atom. The van der Waals surface area contributed by atoms with Gasteiger partial charge in [0.15, 0.2) is 0 Å². The lowest BCUT2D eigenvalue weighted by Crippen LogP contribution is -2.41. The first-order valence-electron chi connectivity index (χ1n) is 7.23. The van der Waals surface area contributed by atoms with Gasteiger partial charge in [0.05, 0.1) is 0 Å². The molecule has 1 saturated heterocycles.